The Morgan fingerprint density at radius 2 is 1.86 bits per heavy atom. The van der Waals surface area contributed by atoms with Crippen molar-refractivity contribution in [3.05, 3.63) is 84.6 Å². The number of aromatic nitrogens is 3. The quantitative estimate of drug-likeness (QED) is 0.342. The third kappa shape index (κ3) is 4.34. The number of nitrogens with zero attached hydrogens (tertiary/aromatic N) is 3. The van der Waals surface area contributed by atoms with E-state index < -0.39 is 5.91 Å². The second kappa shape index (κ2) is 9.14. The van der Waals surface area contributed by atoms with Crippen LogP contribution >= 0.6 is 0 Å². The lowest BCUT2D eigenvalue weighted by molar-refractivity contribution is 0.102. The number of hydrogen-bond donors (Lipinski definition) is 2. The maximum atomic E-state index is 12.8. The smallest absolute Gasteiger partial charge is 0.261 e. The molecule has 1 amide bonds. The van der Waals surface area contributed by atoms with Gasteiger partial charge in [-0.15, -0.1) is 0 Å². The van der Waals surface area contributed by atoms with Gasteiger partial charge in [-0.3, -0.25) is 14.8 Å². The number of anilines is 1. The molecule has 35 heavy (non-hydrogen) atoms. The fraction of sp³-hybridized carbons (Fsp3) is 0.0769. The highest BCUT2D eigenvalue weighted by molar-refractivity contribution is 6.07. The van der Waals surface area contributed by atoms with Gasteiger partial charge in [0.1, 0.15) is 34.1 Å². The summed E-state index contributed by atoms with van der Waals surface area (Å²) in [4.78, 5) is 25.8. The van der Waals surface area contributed by atoms with Crippen LogP contribution in [0.5, 0.6) is 23.0 Å². The summed E-state index contributed by atoms with van der Waals surface area (Å²) >= 11 is 0. The van der Waals surface area contributed by atoms with E-state index in [2.05, 4.69) is 20.3 Å². The van der Waals surface area contributed by atoms with Crippen LogP contribution < -0.4 is 14.8 Å². The summed E-state index contributed by atoms with van der Waals surface area (Å²) < 4.78 is 16.6. The Morgan fingerprint density at radius 3 is 2.60 bits per heavy atom. The number of aromatic hydroxyl groups is 1. The lowest BCUT2D eigenvalue weighted by Gasteiger charge is -2.12. The summed E-state index contributed by atoms with van der Waals surface area (Å²) in [6.07, 6.45) is 6.06. The molecule has 0 radical (unpaired) electrons. The number of benzene rings is 1. The normalized spacial score (nSPS) is 10.8. The summed E-state index contributed by atoms with van der Waals surface area (Å²) in [5.74, 6) is 1.42. The van der Waals surface area contributed by atoms with Gasteiger partial charge in [0.2, 0.25) is 0 Å². The van der Waals surface area contributed by atoms with Crippen LogP contribution in [0.2, 0.25) is 0 Å². The SMILES string of the molecule is COc1cnc2c(Oc3ccc(NC(=O)c4cnc(C)c(-c5ccco5)c4O)cc3)ccnc2c1. The van der Waals surface area contributed by atoms with Crippen molar-refractivity contribution in [3.8, 4) is 34.3 Å². The predicted molar refractivity (Wildman–Crippen MR) is 129 cm³/mol. The predicted octanol–water partition coefficient (Wildman–Crippen LogP) is 5.35. The number of ether oxygens (including phenoxy) is 2. The van der Waals surface area contributed by atoms with Gasteiger partial charge in [0.15, 0.2) is 5.75 Å². The minimum Gasteiger partial charge on any atom is -0.506 e. The molecule has 0 saturated heterocycles. The number of methoxy groups -OCH3 is 1. The van der Waals surface area contributed by atoms with Gasteiger partial charge in [-0.2, -0.15) is 0 Å². The third-order valence-corrected chi connectivity index (χ3v) is 5.34. The number of fused-ring (bicyclic) bond motifs is 1. The summed E-state index contributed by atoms with van der Waals surface area (Å²) in [6, 6.07) is 13.7. The van der Waals surface area contributed by atoms with Gasteiger partial charge in [-0.05, 0) is 43.3 Å². The van der Waals surface area contributed by atoms with Crippen molar-refractivity contribution in [3.63, 3.8) is 0 Å². The standard InChI is InChI=1S/C26H20N4O5/c1-15-23(21-4-3-11-34-21)25(31)19(14-28-15)26(32)30-16-5-7-17(8-6-16)35-22-9-10-27-20-12-18(33-2)13-29-24(20)22/h3-14H,1-2H3,(H,28,31)(H,30,32). The van der Waals surface area contributed by atoms with Crippen LogP contribution in [0, 0.1) is 6.92 Å². The first-order valence-electron chi connectivity index (χ1n) is 10.6. The zero-order valence-corrected chi connectivity index (χ0v) is 18.9. The van der Waals surface area contributed by atoms with Crippen molar-refractivity contribution in [1.82, 2.24) is 15.0 Å². The van der Waals surface area contributed by atoms with E-state index in [-0.39, 0.29) is 11.3 Å². The van der Waals surface area contributed by atoms with E-state index in [1.54, 1.807) is 75.0 Å². The van der Waals surface area contributed by atoms with E-state index in [0.717, 1.165) is 0 Å². The van der Waals surface area contributed by atoms with Crippen LogP contribution in [0.3, 0.4) is 0 Å². The molecule has 9 nitrogen and oxygen atoms in total. The Balaban J connectivity index is 1.34. The van der Waals surface area contributed by atoms with Gasteiger partial charge in [0, 0.05) is 30.2 Å². The largest absolute Gasteiger partial charge is 0.506 e. The van der Waals surface area contributed by atoms with Crippen molar-refractivity contribution in [2.45, 2.75) is 6.92 Å². The molecule has 0 unspecified atom stereocenters. The first-order chi connectivity index (χ1) is 17.0. The van der Waals surface area contributed by atoms with Crippen LogP contribution in [-0.4, -0.2) is 33.1 Å². The molecule has 9 heteroatoms. The Kier molecular flexibility index (Phi) is 5.72. The molecule has 0 fully saturated rings. The molecule has 0 atom stereocenters. The number of rotatable bonds is 6. The fourth-order valence-corrected chi connectivity index (χ4v) is 3.59. The summed E-state index contributed by atoms with van der Waals surface area (Å²) in [7, 11) is 1.57. The van der Waals surface area contributed by atoms with E-state index in [9.17, 15) is 9.90 Å². The molecule has 0 aliphatic carbocycles. The summed E-state index contributed by atoms with van der Waals surface area (Å²) in [5.41, 5.74) is 2.72. The summed E-state index contributed by atoms with van der Waals surface area (Å²) in [5, 5.41) is 13.5. The minimum absolute atomic E-state index is 0.0343. The van der Waals surface area contributed by atoms with E-state index in [4.69, 9.17) is 13.9 Å². The Bertz CT molecular complexity index is 1520. The van der Waals surface area contributed by atoms with Crippen LogP contribution in [-0.2, 0) is 0 Å². The molecule has 0 spiro atoms. The molecular formula is C26H20N4O5. The van der Waals surface area contributed by atoms with Crippen LogP contribution in [0.15, 0.2) is 77.8 Å². The Hall–Kier alpha value is -4.92. The molecule has 4 heterocycles. The Morgan fingerprint density at radius 1 is 1.03 bits per heavy atom. The van der Waals surface area contributed by atoms with Gasteiger partial charge in [0.25, 0.3) is 5.91 Å². The molecule has 0 aliphatic rings. The number of carbonyl (C=O) groups is 1. The van der Waals surface area contributed by atoms with Gasteiger partial charge < -0.3 is 24.3 Å². The topological polar surface area (TPSA) is 120 Å². The number of nitrogens with one attached hydrogen (secondary N) is 1. The maximum absolute atomic E-state index is 12.8. The van der Waals surface area contributed by atoms with Gasteiger partial charge >= 0.3 is 0 Å². The molecule has 0 bridgehead atoms. The van der Waals surface area contributed by atoms with E-state index in [1.807, 2.05) is 0 Å². The molecule has 1 aromatic carbocycles. The molecule has 0 aliphatic heterocycles. The highest BCUT2D eigenvalue weighted by atomic mass is 16.5. The third-order valence-electron chi connectivity index (χ3n) is 5.34. The highest BCUT2D eigenvalue weighted by Crippen LogP contribution is 2.35. The zero-order chi connectivity index (χ0) is 24.4. The average molecular weight is 468 g/mol. The molecule has 2 N–H and O–H groups in total. The second-order valence-corrected chi connectivity index (χ2v) is 7.59. The Labute approximate surface area is 200 Å². The van der Waals surface area contributed by atoms with Crippen molar-refractivity contribution in [2.24, 2.45) is 0 Å². The lowest BCUT2D eigenvalue weighted by atomic mass is 10.1. The van der Waals surface area contributed by atoms with Crippen LogP contribution in [0.1, 0.15) is 16.1 Å². The van der Waals surface area contributed by atoms with Crippen molar-refractivity contribution >= 4 is 22.6 Å². The first kappa shape index (κ1) is 21.9. The molecule has 5 rings (SSSR count). The minimum atomic E-state index is -0.505. The second-order valence-electron chi connectivity index (χ2n) is 7.59. The number of aryl methyl sites for hydroxylation is 1. The number of pyridine rings is 3. The van der Waals surface area contributed by atoms with E-state index in [1.165, 1.54) is 12.5 Å². The number of furan rings is 1. The molecule has 4 aromatic heterocycles. The van der Waals surface area contributed by atoms with Crippen LogP contribution in [0.25, 0.3) is 22.4 Å². The van der Waals surface area contributed by atoms with E-state index >= 15 is 0 Å². The lowest BCUT2D eigenvalue weighted by Crippen LogP contribution is -2.13. The van der Waals surface area contributed by atoms with E-state index in [0.29, 0.717) is 51.0 Å². The fourth-order valence-electron chi connectivity index (χ4n) is 3.59. The molecular weight excluding hydrogens is 448 g/mol. The number of carbonyl (C=O) groups excluding carboxylic acids is 1. The van der Waals surface area contributed by atoms with Crippen LogP contribution in [0.4, 0.5) is 5.69 Å². The number of hydrogen-bond acceptors (Lipinski definition) is 8. The van der Waals surface area contributed by atoms with Gasteiger partial charge in [-0.25, -0.2) is 4.98 Å². The zero-order valence-electron chi connectivity index (χ0n) is 18.9. The van der Waals surface area contributed by atoms with Crippen molar-refractivity contribution in [2.75, 3.05) is 12.4 Å². The number of amides is 1. The van der Waals surface area contributed by atoms with Gasteiger partial charge in [-0.1, -0.05) is 0 Å². The highest BCUT2D eigenvalue weighted by Gasteiger charge is 2.20. The molecule has 5 aromatic rings. The molecule has 0 saturated carbocycles. The monoisotopic (exact) mass is 468 g/mol. The summed E-state index contributed by atoms with van der Waals surface area (Å²) in [6.45, 7) is 1.73. The van der Waals surface area contributed by atoms with Gasteiger partial charge in [0.05, 0.1) is 36.3 Å². The average Bonchev–Trinajstić information content (AvgIpc) is 3.39. The van der Waals surface area contributed by atoms with Crippen molar-refractivity contribution < 1.29 is 23.8 Å². The first-order valence-corrected chi connectivity index (χ1v) is 10.6. The molecule has 174 valence electrons. The maximum Gasteiger partial charge on any atom is 0.261 e. The van der Waals surface area contributed by atoms with Crippen molar-refractivity contribution in [1.29, 1.82) is 0 Å².